The molecule has 3 N–H and O–H groups in total. The highest BCUT2D eigenvalue weighted by atomic mass is 14.8. The highest BCUT2D eigenvalue weighted by Gasteiger charge is 2.01. The summed E-state index contributed by atoms with van der Waals surface area (Å²) in [5, 5.41) is 0. The first kappa shape index (κ1) is 7.19. The lowest BCUT2D eigenvalue weighted by Gasteiger charge is -2.01. The molecule has 2 nitrogen and oxygen atoms in total. The zero-order chi connectivity index (χ0) is 7.56. The Balaban J connectivity index is 2.65. The fraction of sp³-hybridized carbons (Fsp3) is 0.500. The van der Waals surface area contributed by atoms with Crippen LogP contribution in [0.1, 0.15) is 19.4 Å². The van der Waals surface area contributed by atoms with Crippen LogP contribution in [-0.4, -0.2) is 4.98 Å². The van der Waals surface area contributed by atoms with Crippen LogP contribution >= 0.6 is 0 Å². The topological polar surface area (TPSA) is 41.8 Å². The molecule has 0 aliphatic heterocycles. The fourth-order valence-electron chi connectivity index (χ4n) is 1.03. The minimum Gasteiger partial charge on any atom is -0.385 e. The van der Waals surface area contributed by atoms with Crippen molar-refractivity contribution in [2.24, 2.45) is 5.92 Å². The van der Waals surface area contributed by atoms with Crippen molar-refractivity contribution in [3.63, 3.8) is 0 Å². The molecule has 10 heavy (non-hydrogen) atoms. The van der Waals surface area contributed by atoms with Crippen molar-refractivity contribution in [1.82, 2.24) is 4.98 Å². The van der Waals surface area contributed by atoms with Crippen molar-refractivity contribution >= 4 is 5.82 Å². The number of hydrogen-bond donors (Lipinski definition) is 2. The minimum absolute atomic E-state index is 0.679. The molecule has 0 spiro atoms. The van der Waals surface area contributed by atoms with Crippen LogP contribution in [-0.2, 0) is 6.42 Å². The van der Waals surface area contributed by atoms with Crippen LogP contribution in [0, 0.1) is 5.92 Å². The summed E-state index contributed by atoms with van der Waals surface area (Å²) in [7, 11) is 0. The number of nitrogens with one attached hydrogen (secondary N) is 1. The maximum absolute atomic E-state index is 5.63. The lowest BCUT2D eigenvalue weighted by atomic mass is 10.1. The van der Waals surface area contributed by atoms with E-state index in [0.717, 1.165) is 12.2 Å². The Bertz CT molecular complexity index is 201. The number of rotatable bonds is 2. The molecule has 0 fully saturated rings. The zero-order valence-electron chi connectivity index (χ0n) is 6.52. The molecule has 0 radical (unpaired) electrons. The molecule has 0 aliphatic rings. The van der Waals surface area contributed by atoms with Gasteiger partial charge in [0.05, 0.1) is 0 Å². The number of nitrogens with two attached hydrogens (primary N) is 1. The predicted octanol–water partition coefficient (Wildman–Crippen LogP) is 1.80. The molecule has 56 valence electrons. The third kappa shape index (κ3) is 1.53. The van der Waals surface area contributed by atoms with Gasteiger partial charge in [0.1, 0.15) is 5.82 Å². The standard InChI is InChI=1S/C8H14N2/c1-6(2)5-7-3-4-10-8(7)9/h3-4,6,10H,5,9H2,1-2H3. The van der Waals surface area contributed by atoms with Gasteiger partial charge < -0.3 is 10.7 Å². The van der Waals surface area contributed by atoms with Crippen LogP contribution in [0.25, 0.3) is 0 Å². The van der Waals surface area contributed by atoms with Gasteiger partial charge in [-0.15, -0.1) is 0 Å². The third-order valence-electron chi connectivity index (χ3n) is 1.50. The van der Waals surface area contributed by atoms with Crippen LogP contribution in [0.5, 0.6) is 0 Å². The Kier molecular flexibility index (Phi) is 2.00. The van der Waals surface area contributed by atoms with Gasteiger partial charge in [0, 0.05) is 6.20 Å². The third-order valence-corrected chi connectivity index (χ3v) is 1.50. The SMILES string of the molecule is CC(C)Cc1cc[nH]c1N. The lowest BCUT2D eigenvalue weighted by molar-refractivity contribution is 0.649. The largest absolute Gasteiger partial charge is 0.385 e. The molecular weight excluding hydrogens is 124 g/mol. The number of aromatic amines is 1. The Morgan fingerprint density at radius 1 is 1.60 bits per heavy atom. The first-order chi connectivity index (χ1) is 4.70. The molecule has 0 unspecified atom stereocenters. The van der Waals surface area contributed by atoms with E-state index in [1.54, 1.807) is 0 Å². The normalized spacial score (nSPS) is 10.7. The minimum atomic E-state index is 0.679. The van der Waals surface area contributed by atoms with Gasteiger partial charge in [-0.05, 0) is 24.0 Å². The number of nitrogen functional groups attached to an aromatic ring is 1. The van der Waals surface area contributed by atoms with E-state index in [4.69, 9.17) is 5.73 Å². The Morgan fingerprint density at radius 2 is 2.30 bits per heavy atom. The first-order valence-corrected chi connectivity index (χ1v) is 3.62. The molecule has 1 aromatic rings. The molecule has 1 rings (SSSR count). The van der Waals surface area contributed by atoms with E-state index >= 15 is 0 Å². The summed E-state index contributed by atoms with van der Waals surface area (Å²) in [5.74, 6) is 1.49. The van der Waals surface area contributed by atoms with E-state index in [-0.39, 0.29) is 0 Å². The summed E-state index contributed by atoms with van der Waals surface area (Å²) in [6.07, 6.45) is 2.95. The van der Waals surface area contributed by atoms with Crippen molar-refractivity contribution in [2.45, 2.75) is 20.3 Å². The van der Waals surface area contributed by atoms with E-state index in [2.05, 4.69) is 18.8 Å². The fourth-order valence-corrected chi connectivity index (χ4v) is 1.03. The summed E-state index contributed by atoms with van der Waals surface area (Å²) >= 11 is 0. The predicted molar refractivity (Wildman–Crippen MR) is 43.7 cm³/mol. The van der Waals surface area contributed by atoms with Crippen LogP contribution in [0.15, 0.2) is 12.3 Å². The van der Waals surface area contributed by atoms with Gasteiger partial charge in [0.15, 0.2) is 0 Å². The average Bonchev–Trinajstić information content (AvgIpc) is 2.15. The Hall–Kier alpha value is -0.920. The number of H-pyrrole nitrogens is 1. The maximum Gasteiger partial charge on any atom is 0.103 e. The van der Waals surface area contributed by atoms with E-state index in [9.17, 15) is 0 Å². The molecule has 0 saturated carbocycles. The van der Waals surface area contributed by atoms with Crippen LogP contribution in [0.3, 0.4) is 0 Å². The van der Waals surface area contributed by atoms with Gasteiger partial charge in [-0.3, -0.25) is 0 Å². The molecular formula is C8H14N2. The van der Waals surface area contributed by atoms with E-state index in [0.29, 0.717) is 5.92 Å². The molecule has 0 aromatic carbocycles. The van der Waals surface area contributed by atoms with Crippen molar-refractivity contribution in [1.29, 1.82) is 0 Å². The van der Waals surface area contributed by atoms with Crippen LogP contribution in [0.2, 0.25) is 0 Å². The quantitative estimate of drug-likeness (QED) is 0.642. The van der Waals surface area contributed by atoms with Crippen LogP contribution < -0.4 is 5.73 Å². The smallest absolute Gasteiger partial charge is 0.103 e. The van der Waals surface area contributed by atoms with Gasteiger partial charge in [-0.2, -0.15) is 0 Å². The monoisotopic (exact) mass is 138 g/mol. The molecule has 0 bridgehead atoms. The van der Waals surface area contributed by atoms with Crippen molar-refractivity contribution in [3.05, 3.63) is 17.8 Å². The van der Waals surface area contributed by atoms with Gasteiger partial charge in [0.25, 0.3) is 0 Å². The highest BCUT2D eigenvalue weighted by Crippen LogP contribution is 2.13. The van der Waals surface area contributed by atoms with Gasteiger partial charge in [-0.1, -0.05) is 13.8 Å². The summed E-state index contributed by atoms with van der Waals surface area (Å²) < 4.78 is 0. The number of anilines is 1. The summed E-state index contributed by atoms with van der Waals surface area (Å²) in [6, 6.07) is 2.04. The molecule has 1 aromatic heterocycles. The van der Waals surface area contributed by atoms with Gasteiger partial charge in [0.2, 0.25) is 0 Å². The zero-order valence-corrected chi connectivity index (χ0v) is 6.52. The van der Waals surface area contributed by atoms with Crippen LogP contribution in [0.4, 0.5) is 5.82 Å². The molecule has 1 heterocycles. The van der Waals surface area contributed by atoms with Crippen molar-refractivity contribution in [3.8, 4) is 0 Å². The van der Waals surface area contributed by atoms with E-state index in [1.165, 1.54) is 5.56 Å². The molecule has 0 aliphatic carbocycles. The van der Waals surface area contributed by atoms with Gasteiger partial charge >= 0.3 is 0 Å². The van der Waals surface area contributed by atoms with E-state index in [1.807, 2.05) is 12.3 Å². The lowest BCUT2D eigenvalue weighted by Crippen LogP contribution is -1.96. The Morgan fingerprint density at radius 3 is 2.70 bits per heavy atom. The van der Waals surface area contributed by atoms with Crippen molar-refractivity contribution < 1.29 is 0 Å². The molecule has 0 saturated heterocycles. The molecule has 0 amide bonds. The number of hydrogen-bond acceptors (Lipinski definition) is 1. The van der Waals surface area contributed by atoms with Gasteiger partial charge in [-0.25, -0.2) is 0 Å². The molecule has 0 atom stereocenters. The maximum atomic E-state index is 5.63. The second-order valence-corrected chi connectivity index (χ2v) is 3.01. The number of aromatic nitrogens is 1. The second-order valence-electron chi connectivity index (χ2n) is 3.01. The molecule has 2 heteroatoms. The summed E-state index contributed by atoms with van der Waals surface area (Å²) in [5.41, 5.74) is 6.86. The highest BCUT2D eigenvalue weighted by molar-refractivity contribution is 5.39. The summed E-state index contributed by atoms with van der Waals surface area (Å²) in [4.78, 5) is 2.95. The van der Waals surface area contributed by atoms with Crippen molar-refractivity contribution in [2.75, 3.05) is 5.73 Å². The second kappa shape index (κ2) is 2.78. The first-order valence-electron chi connectivity index (χ1n) is 3.62. The summed E-state index contributed by atoms with van der Waals surface area (Å²) in [6.45, 7) is 4.37. The Labute approximate surface area is 61.4 Å². The van der Waals surface area contributed by atoms with E-state index < -0.39 is 0 Å². The average molecular weight is 138 g/mol.